The minimum absolute atomic E-state index is 0.0561. The molecule has 1 aromatic carbocycles. The Balaban J connectivity index is 1.50. The van der Waals surface area contributed by atoms with Gasteiger partial charge in [0, 0.05) is 25.1 Å². The molecule has 9 nitrogen and oxygen atoms in total. The summed E-state index contributed by atoms with van der Waals surface area (Å²) in [5.41, 5.74) is 3.50. The lowest BCUT2D eigenvalue weighted by Crippen LogP contribution is -2.40. The fraction of sp³-hybridized carbons (Fsp3) is 0.435. The first kappa shape index (κ1) is 21.7. The van der Waals surface area contributed by atoms with Crippen molar-refractivity contribution in [3.63, 3.8) is 0 Å². The Morgan fingerprint density at radius 3 is 2.56 bits per heavy atom. The van der Waals surface area contributed by atoms with E-state index in [1.807, 2.05) is 30.0 Å². The van der Waals surface area contributed by atoms with Gasteiger partial charge >= 0.3 is 0 Å². The molecule has 0 radical (unpaired) electrons. The lowest BCUT2D eigenvalue weighted by molar-refractivity contribution is -0.131. The third kappa shape index (κ3) is 4.28. The number of likely N-dealkylation sites (tertiary alicyclic amines) is 1. The van der Waals surface area contributed by atoms with Gasteiger partial charge in [-0.25, -0.2) is 0 Å². The summed E-state index contributed by atoms with van der Waals surface area (Å²) in [7, 11) is 4.69. The van der Waals surface area contributed by atoms with Gasteiger partial charge in [0.05, 0.1) is 50.9 Å². The van der Waals surface area contributed by atoms with Crippen LogP contribution in [-0.4, -0.2) is 60.6 Å². The summed E-state index contributed by atoms with van der Waals surface area (Å²) >= 11 is 0. The zero-order chi connectivity index (χ0) is 22.7. The Morgan fingerprint density at radius 2 is 1.94 bits per heavy atom. The predicted octanol–water partition coefficient (Wildman–Crippen LogP) is 3.35. The van der Waals surface area contributed by atoms with Crippen molar-refractivity contribution in [3.8, 4) is 28.6 Å². The molecule has 0 saturated carbocycles. The maximum absolute atomic E-state index is 13.2. The van der Waals surface area contributed by atoms with Crippen LogP contribution < -0.4 is 14.2 Å². The van der Waals surface area contributed by atoms with Crippen molar-refractivity contribution >= 4 is 5.91 Å². The third-order valence-corrected chi connectivity index (χ3v) is 5.82. The lowest BCUT2D eigenvalue weighted by atomic mass is 9.91. The molecule has 32 heavy (non-hydrogen) atoms. The van der Waals surface area contributed by atoms with E-state index in [4.69, 9.17) is 18.7 Å². The van der Waals surface area contributed by atoms with E-state index in [9.17, 15) is 4.79 Å². The topological polar surface area (TPSA) is 103 Å². The lowest BCUT2D eigenvalue weighted by Gasteiger charge is -2.32. The number of aryl methyl sites for hydroxylation is 1. The zero-order valence-corrected chi connectivity index (χ0v) is 18.8. The number of carbonyl (C=O) groups is 1. The van der Waals surface area contributed by atoms with E-state index in [1.165, 1.54) is 0 Å². The van der Waals surface area contributed by atoms with Crippen LogP contribution in [0.1, 0.15) is 35.7 Å². The molecular formula is C23H28N4O5. The molecule has 3 heterocycles. The van der Waals surface area contributed by atoms with Crippen molar-refractivity contribution in [1.82, 2.24) is 20.3 Å². The monoisotopic (exact) mass is 440 g/mol. The van der Waals surface area contributed by atoms with Crippen LogP contribution in [-0.2, 0) is 11.2 Å². The molecule has 4 rings (SSSR count). The highest BCUT2D eigenvalue weighted by Gasteiger charge is 2.29. The number of aromatic nitrogens is 3. The molecule has 1 atom stereocenters. The molecule has 2 aromatic heterocycles. The van der Waals surface area contributed by atoms with E-state index in [0.717, 1.165) is 41.9 Å². The smallest absolute Gasteiger partial charge is 0.227 e. The Hall–Kier alpha value is -3.49. The first-order chi connectivity index (χ1) is 15.5. The van der Waals surface area contributed by atoms with Crippen LogP contribution in [0.4, 0.5) is 0 Å². The van der Waals surface area contributed by atoms with Gasteiger partial charge in [-0.1, -0.05) is 5.16 Å². The number of benzene rings is 1. The number of ether oxygens (including phenoxy) is 3. The van der Waals surface area contributed by atoms with Crippen LogP contribution >= 0.6 is 0 Å². The molecule has 3 aromatic rings. The molecule has 1 fully saturated rings. The molecule has 0 spiro atoms. The van der Waals surface area contributed by atoms with Crippen LogP contribution in [0.5, 0.6) is 17.2 Å². The standard InChI is InChI=1S/C23H28N4O5/c1-14-8-18(32-26-14)17-12-24-25-22(17)16-6-5-7-27(13-16)21(28)11-15-9-19(29-2)23(31-4)20(10-15)30-3/h8-10,12,16H,5-7,11,13H2,1-4H3,(H,24,25). The number of carbonyl (C=O) groups excluding carboxylic acids is 1. The van der Waals surface area contributed by atoms with Gasteiger partial charge in [-0.2, -0.15) is 5.10 Å². The predicted molar refractivity (Wildman–Crippen MR) is 117 cm³/mol. The number of amides is 1. The second-order valence-electron chi connectivity index (χ2n) is 7.92. The van der Waals surface area contributed by atoms with E-state index in [-0.39, 0.29) is 18.2 Å². The second-order valence-corrected chi connectivity index (χ2v) is 7.92. The third-order valence-electron chi connectivity index (χ3n) is 5.82. The van der Waals surface area contributed by atoms with Gasteiger partial charge in [0.2, 0.25) is 11.7 Å². The molecule has 0 bridgehead atoms. The van der Waals surface area contributed by atoms with Crippen molar-refractivity contribution in [2.24, 2.45) is 0 Å². The Morgan fingerprint density at radius 1 is 1.19 bits per heavy atom. The summed E-state index contributed by atoms with van der Waals surface area (Å²) in [5, 5.41) is 11.3. The van der Waals surface area contributed by atoms with E-state index in [0.29, 0.717) is 29.6 Å². The van der Waals surface area contributed by atoms with Crippen molar-refractivity contribution < 1.29 is 23.5 Å². The van der Waals surface area contributed by atoms with E-state index in [1.54, 1.807) is 27.5 Å². The molecule has 1 saturated heterocycles. The number of hydrogen-bond donors (Lipinski definition) is 1. The highest BCUT2D eigenvalue weighted by atomic mass is 16.5. The van der Waals surface area contributed by atoms with Gasteiger partial charge < -0.3 is 23.6 Å². The fourth-order valence-corrected chi connectivity index (χ4v) is 4.26. The van der Waals surface area contributed by atoms with Crippen molar-refractivity contribution in [3.05, 3.63) is 41.3 Å². The Labute approximate surface area is 186 Å². The van der Waals surface area contributed by atoms with Gasteiger partial charge in [0.1, 0.15) is 0 Å². The molecule has 0 aliphatic carbocycles. The first-order valence-electron chi connectivity index (χ1n) is 10.6. The number of H-pyrrole nitrogens is 1. The maximum Gasteiger partial charge on any atom is 0.227 e. The van der Waals surface area contributed by atoms with Gasteiger partial charge in [-0.15, -0.1) is 0 Å². The van der Waals surface area contributed by atoms with Crippen molar-refractivity contribution in [1.29, 1.82) is 0 Å². The number of nitrogens with one attached hydrogen (secondary N) is 1. The van der Waals surface area contributed by atoms with Crippen LogP contribution in [0, 0.1) is 6.92 Å². The van der Waals surface area contributed by atoms with E-state index >= 15 is 0 Å². The largest absolute Gasteiger partial charge is 0.493 e. The molecule has 1 N–H and O–H groups in total. The summed E-state index contributed by atoms with van der Waals surface area (Å²) < 4.78 is 21.6. The van der Waals surface area contributed by atoms with Crippen molar-refractivity contribution in [2.75, 3.05) is 34.4 Å². The number of aromatic amines is 1. The van der Waals surface area contributed by atoms with Gasteiger partial charge in [0.15, 0.2) is 17.3 Å². The molecule has 1 unspecified atom stereocenters. The fourth-order valence-electron chi connectivity index (χ4n) is 4.26. The molecule has 1 aliphatic heterocycles. The second kappa shape index (κ2) is 9.33. The molecule has 1 amide bonds. The van der Waals surface area contributed by atoms with Crippen molar-refractivity contribution in [2.45, 2.75) is 32.1 Å². The molecule has 170 valence electrons. The SMILES string of the molecule is COc1cc(CC(=O)N2CCCC(c3[nH]ncc3-c3cc(C)no3)C2)cc(OC)c1OC. The summed E-state index contributed by atoms with van der Waals surface area (Å²) in [6.45, 7) is 3.23. The summed E-state index contributed by atoms with van der Waals surface area (Å²) in [4.78, 5) is 15.1. The highest BCUT2D eigenvalue weighted by Crippen LogP contribution is 2.39. The van der Waals surface area contributed by atoms with Gasteiger partial charge in [0.25, 0.3) is 0 Å². The number of piperidine rings is 1. The molecule has 9 heteroatoms. The Kier molecular flexibility index (Phi) is 6.34. The number of methoxy groups -OCH3 is 3. The highest BCUT2D eigenvalue weighted by molar-refractivity contribution is 5.79. The van der Waals surface area contributed by atoms with Crippen LogP contribution in [0.2, 0.25) is 0 Å². The number of hydrogen-bond acceptors (Lipinski definition) is 7. The Bertz CT molecular complexity index is 1060. The minimum atomic E-state index is 0.0561. The van der Waals surface area contributed by atoms with Crippen LogP contribution in [0.3, 0.4) is 0 Å². The van der Waals surface area contributed by atoms with E-state index < -0.39 is 0 Å². The molecular weight excluding hydrogens is 412 g/mol. The first-order valence-corrected chi connectivity index (χ1v) is 10.6. The van der Waals surface area contributed by atoms with E-state index in [2.05, 4.69) is 15.4 Å². The minimum Gasteiger partial charge on any atom is -0.493 e. The molecule has 1 aliphatic rings. The summed E-state index contributed by atoms with van der Waals surface area (Å²) in [6, 6.07) is 5.53. The summed E-state index contributed by atoms with van der Waals surface area (Å²) in [5.74, 6) is 2.48. The van der Waals surface area contributed by atoms with Crippen LogP contribution in [0.25, 0.3) is 11.3 Å². The van der Waals surface area contributed by atoms with Crippen LogP contribution in [0.15, 0.2) is 28.9 Å². The van der Waals surface area contributed by atoms with Gasteiger partial charge in [-0.05, 0) is 37.5 Å². The zero-order valence-electron chi connectivity index (χ0n) is 18.8. The normalized spacial score (nSPS) is 16.1. The van der Waals surface area contributed by atoms with Gasteiger partial charge in [-0.3, -0.25) is 9.89 Å². The number of nitrogens with zero attached hydrogens (tertiary/aromatic N) is 3. The number of rotatable bonds is 7. The quantitative estimate of drug-likeness (QED) is 0.601. The average Bonchev–Trinajstić information content (AvgIpc) is 3.47. The summed E-state index contributed by atoms with van der Waals surface area (Å²) in [6.07, 6.45) is 3.89. The average molecular weight is 441 g/mol. The maximum atomic E-state index is 13.2.